The summed E-state index contributed by atoms with van der Waals surface area (Å²) in [6.07, 6.45) is 5.81. The number of piperidine rings is 1. The molecule has 5 heterocycles. The molecule has 0 aromatic carbocycles. The topological polar surface area (TPSA) is 139 Å². The molecule has 4 aromatic heterocycles. The summed E-state index contributed by atoms with van der Waals surface area (Å²) in [6, 6.07) is 7.74. The average Bonchev–Trinajstić information content (AvgIpc) is 3.33. The van der Waals surface area contributed by atoms with Crippen molar-refractivity contribution in [1.82, 2.24) is 34.4 Å². The van der Waals surface area contributed by atoms with Gasteiger partial charge >= 0.3 is 0 Å². The van der Waals surface area contributed by atoms with Gasteiger partial charge in [0.1, 0.15) is 17.5 Å². The molecule has 0 aliphatic carbocycles. The molecule has 5 rings (SSSR count). The van der Waals surface area contributed by atoms with Crippen molar-refractivity contribution in [1.29, 1.82) is 0 Å². The first-order valence-corrected chi connectivity index (χ1v) is 12.0. The smallest absolute Gasteiger partial charge is 0.280 e. The molecular formula is C24H24ClN9O3. The summed E-state index contributed by atoms with van der Waals surface area (Å²) < 4.78 is 2.69. The normalized spacial score (nSPS) is 15.6. The Morgan fingerprint density at radius 3 is 2.76 bits per heavy atom. The number of anilines is 3. The number of likely N-dealkylation sites (tertiary alicyclic amines) is 1. The van der Waals surface area contributed by atoms with Crippen molar-refractivity contribution < 1.29 is 9.59 Å². The van der Waals surface area contributed by atoms with Gasteiger partial charge in [-0.15, -0.1) is 5.10 Å². The molecule has 1 aliphatic rings. The zero-order chi connectivity index (χ0) is 26.1. The Balaban J connectivity index is 1.50. The van der Waals surface area contributed by atoms with Gasteiger partial charge in [0.15, 0.2) is 17.2 Å². The van der Waals surface area contributed by atoms with E-state index in [-0.39, 0.29) is 28.7 Å². The van der Waals surface area contributed by atoms with Crippen LogP contribution in [0.25, 0.3) is 11.5 Å². The van der Waals surface area contributed by atoms with Gasteiger partial charge in [-0.1, -0.05) is 17.7 Å². The van der Waals surface area contributed by atoms with Crippen molar-refractivity contribution in [2.75, 3.05) is 31.3 Å². The summed E-state index contributed by atoms with van der Waals surface area (Å²) >= 11 is 6.30. The number of rotatable bonds is 6. The number of imidazole rings is 1. The van der Waals surface area contributed by atoms with Gasteiger partial charge in [0.2, 0.25) is 5.91 Å². The molecule has 1 atom stereocenters. The van der Waals surface area contributed by atoms with Crippen LogP contribution in [0.1, 0.15) is 23.3 Å². The first-order valence-electron chi connectivity index (χ1n) is 11.6. The van der Waals surface area contributed by atoms with Crippen molar-refractivity contribution in [2.45, 2.75) is 18.9 Å². The lowest BCUT2D eigenvalue weighted by atomic mass is 10.1. The molecule has 1 saturated heterocycles. The van der Waals surface area contributed by atoms with Gasteiger partial charge in [0.05, 0.1) is 16.9 Å². The number of nitrogens with one attached hydrogen (secondary N) is 3. The number of pyridine rings is 2. The second kappa shape index (κ2) is 9.90. The number of likely N-dealkylation sites (N-methyl/N-ethyl adjacent to an activating group) is 1. The number of hydrogen-bond donors (Lipinski definition) is 3. The van der Waals surface area contributed by atoms with Crippen LogP contribution in [0.4, 0.5) is 17.2 Å². The number of amides is 2. The molecule has 190 valence electrons. The van der Waals surface area contributed by atoms with Crippen LogP contribution in [-0.4, -0.2) is 67.5 Å². The van der Waals surface area contributed by atoms with E-state index in [1.54, 1.807) is 49.5 Å². The summed E-state index contributed by atoms with van der Waals surface area (Å²) in [5, 5.41) is 13.6. The average molecular weight is 522 g/mol. The number of hydrogen-bond acceptors (Lipinski definition) is 8. The fourth-order valence-corrected chi connectivity index (χ4v) is 4.42. The number of carbonyl (C=O) groups excluding carboxylic acids is 2. The maximum absolute atomic E-state index is 13.2. The first kappa shape index (κ1) is 24.3. The maximum Gasteiger partial charge on any atom is 0.280 e. The van der Waals surface area contributed by atoms with Crippen molar-refractivity contribution in [3.63, 3.8) is 0 Å². The molecule has 12 nitrogen and oxygen atoms in total. The highest BCUT2D eigenvalue weighted by atomic mass is 35.5. The van der Waals surface area contributed by atoms with Gasteiger partial charge in [-0.3, -0.25) is 19.0 Å². The van der Waals surface area contributed by atoms with Gasteiger partial charge in [0, 0.05) is 39.1 Å². The van der Waals surface area contributed by atoms with Crippen molar-refractivity contribution in [3.8, 4) is 5.82 Å². The number of halogens is 1. The largest absolute Gasteiger partial charge is 0.385 e. The minimum absolute atomic E-state index is 0.134. The van der Waals surface area contributed by atoms with Crippen molar-refractivity contribution >= 4 is 46.3 Å². The predicted octanol–water partition coefficient (Wildman–Crippen LogP) is 2.06. The van der Waals surface area contributed by atoms with Crippen LogP contribution in [0, 0.1) is 0 Å². The predicted molar refractivity (Wildman–Crippen MR) is 139 cm³/mol. The number of fused-ring (bicyclic) bond motifs is 1. The van der Waals surface area contributed by atoms with E-state index in [0.717, 1.165) is 6.42 Å². The first-order chi connectivity index (χ1) is 17.9. The fraction of sp³-hybridized carbons (Fsp3) is 0.250. The minimum Gasteiger partial charge on any atom is -0.385 e. The Hall–Kier alpha value is -4.45. The van der Waals surface area contributed by atoms with Gasteiger partial charge in [-0.2, -0.15) is 0 Å². The second-order valence-corrected chi connectivity index (χ2v) is 9.00. The van der Waals surface area contributed by atoms with Crippen molar-refractivity contribution in [3.05, 3.63) is 70.0 Å². The number of nitrogens with zero attached hydrogens (tertiary/aromatic N) is 6. The standard InChI is InChI=1S/C24H24ClN9O3/c1-26-16-11-19(29-17-10-14(25)13-33(24(17)37)20-7-3-4-8-27-20)31-34-18(12-28-21(16)34)22(35)30-15-6-5-9-32(2)23(15)36/h3-4,7-8,10-13,15,26H,5-6,9H2,1-2H3,(H,29,31)(H,30,35)/t15-/m1/s1. The summed E-state index contributed by atoms with van der Waals surface area (Å²) in [6.45, 7) is 0.661. The molecule has 1 fully saturated rings. The van der Waals surface area contributed by atoms with Crippen LogP contribution in [0.15, 0.2) is 53.7 Å². The summed E-state index contributed by atoms with van der Waals surface area (Å²) in [5.74, 6) is 0.0658. The summed E-state index contributed by atoms with van der Waals surface area (Å²) in [7, 11) is 3.42. The van der Waals surface area contributed by atoms with Crippen LogP contribution >= 0.6 is 11.6 Å². The molecule has 4 aromatic rings. The molecule has 1 aliphatic heterocycles. The third kappa shape index (κ3) is 4.70. The molecular weight excluding hydrogens is 498 g/mol. The van der Waals surface area contributed by atoms with E-state index >= 15 is 0 Å². The third-order valence-corrected chi connectivity index (χ3v) is 6.28. The molecule has 0 saturated carbocycles. The van der Waals surface area contributed by atoms with Gasteiger partial charge in [0.25, 0.3) is 11.5 Å². The van der Waals surface area contributed by atoms with E-state index in [0.29, 0.717) is 35.1 Å². The van der Waals surface area contributed by atoms with E-state index in [2.05, 4.69) is 31.0 Å². The quantitative estimate of drug-likeness (QED) is 0.350. The highest BCUT2D eigenvalue weighted by Crippen LogP contribution is 2.23. The van der Waals surface area contributed by atoms with E-state index in [1.165, 1.54) is 27.5 Å². The zero-order valence-electron chi connectivity index (χ0n) is 20.1. The Labute approximate surface area is 216 Å². The van der Waals surface area contributed by atoms with Gasteiger partial charge in [-0.25, -0.2) is 14.5 Å². The molecule has 13 heteroatoms. The summed E-state index contributed by atoms with van der Waals surface area (Å²) in [5.41, 5.74) is 0.890. The van der Waals surface area contributed by atoms with Crippen molar-refractivity contribution in [2.24, 2.45) is 0 Å². The lowest BCUT2D eigenvalue weighted by Gasteiger charge is -2.29. The van der Waals surface area contributed by atoms with Crippen LogP contribution < -0.4 is 21.5 Å². The third-order valence-electron chi connectivity index (χ3n) is 6.08. The highest BCUT2D eigenvalue weighted by Gasteiger charge is 2.29. The Kier molecular flexibility index (Phi) is 6.49. The highest BCUT2D eigenvalue weighted by molar-refractivity contribution is 6.30. The Morgan fingerprint density at radius 1 is 1.16 bits per heavy atom. The molecule has 2 amide bonds. The van der Waals surface area contributed by atoms with E-state index < -0.39 is 11.9 Å². The molecule has 0 spiro atoms. The Morgan fingerprint density at radius 2 is 2.00 bits per heavy atom. The van der Waals surface area contributed by atoms with Gasteiger partial charge < -0.3 is 20.9 Å². The maximum atomic E-state index is 13.2. The zero-order valence-corrected chi connectivity index (χ0v) is 20.9. The van der Waals surface area contributed by atoms with E-state index in [9.17, 15) is 14.4 Å². The molecule has 3 N–H and O–H groups in total. The molecule has 37 heavy (non-hydrogen) atoms. The number of carbonyl (C=O) groups is 2. The second-order valence-electron chi connectivity index (χ2n) is 8.56. The Bertz CT molecular complexity index is 1550. The van der Waals surface area contributed by atoms with Crippen LogP contribution in [0.5, 0.6) is 0 Å². The summed E-state index contributed by atoms with van der Waals surface area (Å²) in [4.78, 5) is 48.9. The SMILES string of the molecule is CNc1cc(Nc2cc(Cl)cn(-c3ccccn3)c2=O)nn2c(C(=O)N[C@@H]3CCCN(C)C3=O)cnc12. The van der Waals surface area contributed by atoms with Crippen LogP contribution in [-0.2, 0) is 4.79 Å². The molecule has 0 bridgehead atoms. The van der Waals surface area contributed by atoms with Crippen LogP contribution in [0.3, 0.4) is 0 Å². The molecule has 0 radical (unpaired) electrons. The molecule has 0 unspecified atom stereocenters. The van der Waals surface area contributed by atoms with E-state index in [1.807, 2.05) is 0 Å². The lowest BCUT2D eigenvalue weighted by Crippen LogP contribution is -2.51. The lowest BCUT2D eigenvalue weighted by molar-refractivity contribution is -0.134. The van der Waals surface area contributed by atoms with Crippen LogP contribution in [0.2, 0.25) is 5.02 Å². The number of aromatic nitrogens is 5. The van der Waals surface area contributed by atoms with Gasteiger partial charge in [-0.05, 0) is 31.0 Å². The monoisotopic (exact) mass is 521 g/mol. The van der Waals surface area contributed by atoms with E-state index in [4.69, 9.17) is 11.6 Å². The fourth-order valence-electron chi connectivity index (χ4n) is 4.21. The minimum atomic E-state index is -0.613.